The molecule has 0 radical (unpaired) electrons. The molecule has 66 valence electrons. The molecule has 0 aromatic heterocycles. The molecule has 0 atom stereocenters. The molecule has 0 saturated heterocycles. The average Bonchev–Trinajstić information content (AvgIpc) is 0.811. The van der Waals surface area contributed by atoms with Crippen LogP contribution < -0.4 is 0 Å². The van der Waals surface area contributed by atoms with Crippen LogP contribution >= 0.6 is 0 Å². The van der Waals surface area contributed by atoms with Crippen LogP contribution in [0.1, 0.15) is 0 Å². The Hall–Kier alpha value is -0.390. The van der Waals surface area contributed by atoms with Gasteiger partial charge in [-0.25, -0.2) is 0 Å². The lowest BCUT2D eigenvalue weighted by Crippen LogP contribution is -1.99. The second-order valence-corrected chi connectivity index (χ2v) is 1.34. The van der Waals surface area contributed by atoms with Crippen molar-refractivity contribution in [2.45, 2.75) is 0 Å². The van der Waals surface area contributed by atoms with Crippen molar-refractivity contribution in [2.75, 3.05) is 21.1 Å². The highest BCUT2D eigenvalue weighted by atomic mass is 19.0. The second kappa shape index (κ2) is 48.8. The zero-order valence-corrected chi connectivity index (χ0v) is 5.49. The molecule has 0 aliphatic heterocycles. The Labute approximate surface area is 50.9 Å². The Morgan fingerprint density at radius 1 is 0.556 bits per heavy atom. The van der Waals surface area contributed by atoms with Crippen LogP contribution in [0.3, 0.4) is 0 Å². The third kappa shape index (κ3) is 1570. The molecule has 0 amide bonds. The maximum Gasteiger partial charge on any atom is -0.0140 e. The summed E-state index contributed by atoms with van der Waals surface area (Å²) in [4.78, 5) is 2.00. The summed E-state index contributed by atoms with van der Waals surface area (Å²) in [6.07, 6.45) is 0. The van der Waals surface area contributed by atoms with Gasteiger partial charge in [0.15, 0.2) is 0 Å². The Morgan fingerprint density at radius 3 is 0.556 bits per heavy atom. The van der Waals surface area contributed by atoms with E-state index in [-0.39, 0.29) is 23.5 Å². The van der Waals surface area contributed by atoms with E-state index in [1.165, 1.54) is 0 Å². The minimum atomic E-state index is 0. The van der Waals surface area contributed by atoms with E-state index in [0.717, 1.165) is 0 Å². The highest BCUT2D eigenvalue weighted by Gasteiger charge is 1.58. The number of nitrogens with zero attached hydrogens (tertiary/aromatic N) is 1. The van der Waals surface area contributed by atoms with Crippen LogP contribution in [-0.4, -0.2) is 26.0 Å². The summed E-state index contributed by atoms with van der Waals surface area (Å²) in [5.41, 5.74) is 0. The maximum atomic E-state index is 2.00. The van der Waals surface area contributed by atoms with Gasteiger partial charge in [0, 0.05) is 0 Å². The summed E-state index contributed by atoms with van der Waals surface area (Å²) in [5.74, 6) is 0. The zero-order chi connectivity index (χ0) is 3.58. The molecular weight excluding hydrogens is 145 g/mol. The summed E-state index contributed by atoms with van der Waals surface area (Å²) in [7, 11) is 6.00. The first-order valence-corrected chi connectivity index (χ1v) is 1.34. The van der Waals surface area contributed by atoms with Gasteiger partial charge in [-0.05, 0) is 21.1 Å². The van der Waals surface area contributed by atoms with Gasteiger partial charge < -0.3 is 4.90 Å². The Kier molecular flexibility index (Phi) is 397. The molecule has 0 saturated carbocycles. The van der Waals surface area contributed by atoms with Crippen molar-refractivity contribution in [2.24, 2.45) is 0 Å². The molecule has 1 nitrogen and oxygen atoms in total. The van der Waals surface area contributed by atoms with Gasteiger partial charge in [0.2, 0.25) is 0 Å². The van der Waals surface area contributed by atoms with E-state index in [2.05, 4.69) is 0 Å². The largest absolute Gasteiger partial charge is 0.312 e. The quantitative estimate of drug-likeness (QED) is 0.475. The van der Waals surface area contributed by atoms with Gasteiger partial charge in [0.1, 0.15) is 0 Å². The fourth-order valence-electron chi connectivity index (χ4n) is 0. The van der Waals surface area contributed by atoms with Gasteiger partial charge in [0.25, 0.3) is 0 Å². The van der Waals surface area contributed by atoms with Crippen molar-refractivity contribution < 1.29 is 23.5 Å². The number of halogens is 5. The number of hydrogen-bond donors (Lipinski definition) is 0. The Balaban J connectivity index is -0.00000000450. The molecule has 0 aliphatic rings. The molecule has 0 bridgehead atoms. The first kappa shape index (κ1) is 73.2. The predicted octanol–water partition coefficient (Wildman–Crippen LogP) is 0.940. The molecule has 0 aromatic rings. The molecule has 0 spiro atoms. The van der Waals surface area contributed by atoms with Gasteiger partial charge in [-0.3, -0.25) is 23.5 Å². The SMILES string of the molecule is CN(C)C.F.F.F.F.F. The fraction of sp³-hybridized carbons (Fsp3) is 1.00. The molecule has 0 unspecified atom stereocenters. The van der Waals surface area contributed by atoms with E-state index in [1.807, 2.05) is 26.0 Å². The maximum absolute atomic E-state index is 2.00. The lowest BCUT2D eigenvalue weighted by atomic mass is 11.0. The Morgan fingerprint density at radius 2 is 0.556 bits per heavy atom. The van der Waals surface area contributed by atoms with Crippen LogP contribution in [0.4, 0.5) is 23.5 Å². The molecule has 0 fully saturated rings. The molecule has 0 aliphatic carbocycles. The standard InChI is InChI=1S/C3H9N.5FH/c1-4(2)3;;;;;/h1-3H3;5*1H. The second-order valence-electron chi connectivity index (χ2n) is 1.34. The van der Waals surface area contributed by atoms with Gasteiger partial charge in [-0.15, -0.1) is 0 Å². The summed E-state index contributed by atoms with van der Waals surface area (Å²) in [5, 5.41) is 0. The number of rotatable bonds is 0. The van der Waals surface area contributed by atoms with Gasteiger partial charge >= 0.3 is 0 Å². The van der Waals surface area contributed by atoms with Crippen molar-refractivity contribution in [1.29, 1.82) is 0 Å². The summed E-state index contributed by atoms with van der Waals surface area (Å²) < 4.78 is 0. The average molecular weight is 159 g/mol. The molecule has 0 aromatic carbocycles. The normalized spacial score (nSPS) is 4.00. The molecule has 0 rings (SSSR count). The van der Waals surface area contributed by atoms with Crippen LogP contribution in [0, 0.1) is 0 Å². The third-order valence-corrected chi connectivity index (χ3v) is 0. The Bertz CT molecular complexity index is 16.9. The fourth-order valence-corrected chi connectivity index (χ4v) is 0. The summed E-state index contributed by atoms with van der Waals surface area (Å²) >= 11 is 0. The zero-order valence-electron chi connectivity index (χ0n) is 5.49. The molecular formula is C3H14F5N. The van der Waals surface area contributed by atoms with E-state index in [1.54, 1.807) is 0 Å². The van der Waals surface area contributed by atoms with E-state index >= 15 is 0 Å². The monoisotopic (exact) mass is 159 g/mol. The highest BCUT2D eigenvalue weighted by Crippen LogP contribution is 1.47. The van der Waals surface area contributed by atoms with Crippen molar-refractivity contribution in [3.05, 3.63) is 0 Å². The minimum Gasteiger partial charge on any atom is -0.312 e. The smallest absolute Gasteiger partial charge is 0.0140 e. The van der Waals surface area contributed by atoms with E-state index < -0.39 is 0 Å². The lowest BCUT2D eigenvalue weighted by molar-refractivity contribution is 0.505. The lowest BCUT2D eigenvalue weighted by Gasteiger charge is -1.90. The first-order chi connectivity index (χ1) is 1.73. The summed E-state index contributed by atoms with van der Waals surface area (Å²) in [6.45, 7) is 0. The van der Waals surface area contributed by atoms with Crippen LogP contribution in [-0.2, 0) is 0 Å². The van der Waals surface area contributed by atoms with Crippen LogP contribution in [0.5, 0.6) is 0 Å². The highest BCUT2D eigenvalue weighted by molar-refractivity contribution is 4.09. The van der Waals surface area contributed by atoms with Gasteiger partial charge in [-0.1, -0.05) is 0 Å². The van der Waals surface area contributed by atoms with Crippen LogP contribution in [0.15, 0.2) is 0 Å². The van der Waals surface area contributed by atoms with E-state index in [0.29, 0.717) is 0 Å². The predicted molar refractivity (Wildman–Crippen MR) is 32.1 cm³/mol. The minimum absolute atomic E-state index is 0. The van der Waals surface area contributed by atoms with Gasteiger partial charge in [0.05, 0.1) is 0 Å². The van der Waals surface area contributed by atoms with Crippen molar-refractivity contribution in [3.63, 3.8) is 0 Å². The van der Waals surface area contributed by atoms with Crippen molar-refractivity contribution >= 4 is 0 Å². The topological polar surface area (TPSA) is 3.24 Å². The van der Waals surface area contributed by atoms with Crippen molar-refractivity contribution in [3.8, 4) is 0 Å². The van der Waals surface area contributed by atoms with Crippen LogP contribution in [0.2, 0.25) is 0 Å². The molecule has 9 heavy (non-hydrogen) atoms. The molecule has 0 heterocycles. The summed E-state index contributed by atoms with van der Waals surface area (Å²) in [6, 6.07) is 0. The van der Waals surface area contributed by atoms with E-state index in [9.17, 15) is 0 Å². The third-order valence-electron chi connectivity index (χ3n) is 0. The first-order valence-electron chi connectivity index (χ1n) is 1.34. The number of hydrogen-bond acceptors (Lipinski definition) is 1. The van der Waals surface area contributed by atoms with Crippen LogP contribution in [0.25, 0.3) is 0 Å². The van der Waals surface area contributed by atoms with E-state index in [4.69, 9.17) is 0 Å². The molecule has 0 N–H and O–H groups in total. The van der Waals surface area contributed by atoms with Crippen molar-refractivity contribution in [1.82, 2.24) is 4.90 Å². The van der Waals surface area contributed by atoms with Gasteiger partial charge in [-0.2, -0.15) is 0 Å². The molecule has 6 heteroatoms.